The molecule has 0 radical (unpaired) electrons. The predicted octanol–water partition coefficient (Wildman–Crippen LogP) is 5.57. The Hall–Kier alpha value is -4.20. The molecular weight excluding hydrogens is 514 g/mol. The number of carbonyl (C=O) groups is 2. The molecule has 1 aliphatic carbocycles. The van der Waals surface area contributed by atoms with Crippen molar-refractivity contribution >= 4 is 29.1 Å². The summed E-state index contributed by atoms with van der Waals surface area (Å²) >= 11 is 6.17. The molecule has 0 unspecified atom stereocenters. The number of carbonyl (C=O) groups excluding carboxylic acids is 2. The number of hydrogen-bond donors (Lipinski definition) is 1. The molecule has 0 saturated carbocycles. The highest BCUT2D eigenvalue weighted by atomic mass is 35.5. The van der Waals surface area contributed by atoms with Crippen LogP contribution in [0.5, 0.6) is 5.75 Å². The number of methoxy groups -OCH3 is 1. The molecule has 4 aromatic rings. The number of fused-ring (bicyclic) bond motifs is 4. The van der Waals surface area contributed by atoms with Crippen LogP contribution < -0.4 is 15.4 Å². The third-order valence-electron chi connectivity index (χ3n) is 7.44. The van der Waals surface area contributed by atoms with E-state index < -0.39 is 5.91 Å². The van der Waals surface area contributed by atoms with E-state index in [1.165, 1.54) is 0 Å². The Morgan fingerprint density at radius 1 is 1.03 bits per heavy atom. The molecule has 3 aromatic carbocycles. The number of ether oxygens (including phenoxy) is 2. The zero-order valence-electron chi connectivity index (χ0n) is 21.6. The van der Waals surface area contributed by atoms with Crippen molar-refractivity contribution in [3.8, 4) is 28.0 Å². The van der Waals surface area contributed by atoms with E-state index in [4.69, 9.17) is 26.8 Å². The molecule has 8 heteroatoms. The third-order valence-corrected chi connectivity index (χ3v) is 7.68. The molecule has 0 saturated heterocycles. The van der Waals surface area contributed by atoms with Gasteiger partial charge in [0, 0.05) is 41.6 Å². The SMILES string of the molecule is COCCOc1ccc2c(c1)Cc1c(C(N)=O)ncc(-c3cccc(N4Cc5ccc(Cl)cc5C4=O)c3C)c1-2. The number of amides is 2. The van der Waals surface area contributed by atoms with Crippen LogP contribution in [0.3, 0.4) is 0 Å². The molecule has 2 heterocycles. The van der Waals surface area contributed by atoms with Crippen LogP contribution in [-0.4, -0.2) is 37.1 Å². The van der Waals surface area contributed by atoms with Crippen molar-refractivity contribution in [1.82, 2.24) is 4.98 Å². The summed E-state index contributed by atoms with van der Waals surface area (Å²) in [5.74, 6) is 0.0948. The van der Waals surface area contributed by atoms with Gasteiger partial charge < -0.3 is 20.1 Å². The lowest BCUT2D eigenvalue weighted by Gasteiger charge is -2.22. The topological polar surface area (TPSA) is 94.8 Å². The second kappa shape index (κ2) is 9.84. The first kappa shape index (κ1) is 25.1. The fourth-order valence-electron chi connectivity index (χ4n) is 5.61. The van der Waals surface area contributed by atoms with Crippen LogP contribution in [0, 0.1) is 6.92 Å². The van der Waals surface area contributed by atoms with Gasteiger partial charge in [-0.15, -0.1) is 0 Å². The highest BCUT2D eigenvalue weighted by molar-refractivity contribution is 6.31. The van der Waals surface area contributed by atoms with Crippen LogP contribution in [0.15, 0.2) is 60.8 Å². The average molecular weight is 540 g/mol. The molecule has 196 valence electrons. The number of hydrogen-bond acceptors (Lipinski definition) is 5. The smallest absolute Gasteiger partial charge is 0.267 e. The van der Waals surface area contributed by atoms with Gasteiger partial charge >= 0.3 is 0 Å². The monoisotopic (exact) mass is 539 g/mol. The number of primary amides is 1. The van der Waals surface area contributed by atoms with Gasteiger partial charge in [0.2, 0.25) is 0 Å². The summed E-state index contributed by atoms with van der Waals surface area (Å²) in [6.45, 7) is 3.41. The largest absolute Gasteiger partial charge is 0.491 e. The van der Waals surface area contributed by atoms with E-state index in [0.717, 1.165) is 55.9 Å². The van der Waals surface area contributed by atoms with Gasteiger partial charge in [-0.1, -0.05) is 35.9 Å². The Kier molecular flexibility index (Phi) is 6.33. The third kappa shape index (κ3) is 4.24. The number of aromatic nitrogens is 1. The van der Waals surface area contributed by atoms with Crippen LogP contribution in [0.4, 0.5) is 5.69 Å². The van der Waals surface area contributed by atoms with Gasteiger partial charge in [0.1, 0.15) is 18.1 Å². The standard InChI is InChI=1S/C31H26ClN3O4/c1-17-22(4-3-5-27(17)35-16-18-6-7-20(32)14-24(18)31(35)37)26-15-34-29(30(33)36)25-13-19-12-21(39-11-10-38-2)8-9-23(19)28(25)26/h3-9,12,14-15H,10-11,13,16H2,1-2H3,(H2,33,36). The molecule has 7 nitrogen and oxygen atoms in total. The van der Waals surface area contributed by atoms with Crippen molar-refractivity contribution in [1.29, 1.82) is 0 Å². The first-order valence-electron chi connectivity index (χ1n) is 12.6. The van der Waals surface area contributed by atoms with Gasteiger partial charge in [0.25, 0.3) is 11.8 Å². The van der Waals surface area contributed by atoms with Crippen molar-refractivity contribution < 1.29 is 19.1 Å². The quantitative estimate of drug-likeness (QED) is 0.273. The Balaban J connectivity index is 1.44. The fraction of sp³-hybridized carbons (Fsp3) is 0.194. The van der Waals surface area contributed by atoms with Crippen molar-refractivity contribution in [3.05, 3.63) is 99.3 Å². The van der Waals surface area contributed by atoms with E-state index in [1.54, 1.807) is 30.3 Å². The Labute approximate surface area is 231 Å². The summed E-state index contributed by atoms with van der Waals surface area (Å²) in [4.78, 5) is 31.9. The average Bonchev–Trinajstić information content (AvgIpc) is 3.46. The van der Waals surface area contributed by atoms with Crippen LogP contribution in [0.25, 0.3) is 22.3 Å². The summed E-state index contributed by atoms with van der Waals surface area (Å²) in [7, 11) is 1.63. The molecule has 0 fully saturated rings. The first-order valence-corrected chi connectivity index (χ1v) is 13.0. The van der Waals surface area contributed by atoms with E-state index in [1.807, 2.05) is 49.4 Å². The molecular formula is C31H26ClN3O4. The highest BCUT2D eigenvalue weighted by Crippen LogP contribution is 2.46. The number of pyridine rings is 1. The minimum Gasteiger partial charge on any atom is -0.491 e. The molecule has 2 N–H and O–H groups in total. The van der Waals surface area contributed by atoms with Gasteiger partial charge in [0.15, 0.2) is 0 Å². The molecule has 39 heavy (non-hydrogen) atoms. The van der Waals surface area contributed by atoms with E-state index >= 15 is 0 Å². The molecule has 0 atom stereocenters. The minimum atomic E-state index is -0.563. The summed E-state index contributed by atoms with van der Waals surface area (Å²) < 4.78 is 10.9. The summed E-state index contributed by atoms with van der Waals surface area (Å²) in [6, 6.07) is 17.3. The maximum atomic E-state index is 13.3. The second-order valence-corrected chi connectivity index (χ2v) is 10.2. The lowest BCUT2D eigenvalue weighted by molar-refractivity contribution is 0.0987. The lowest BCUT2D eigenvalue weighted by Crippen LogP contribution is -2.24. The molecule has 1 aromatic heterocycles. The van der Waals surface area contributed by atoms with Gasteiger partial charge in [0.05, 0.1) is 13.2 Å². The highest BCUT2D eigenvalue weighted by Gasteiger charge is 2.32. The second-order valence-electron chi connectivity index (χ2n) is 9.72. The Bertz CT molecular complexity index is 1670. The van der Waals surface area contributed by atoms with Crippen molar-refractivity contribution in [2.24, 2.45) is 5.73 Å². The van der Waals surface area contributed by atoms with E-state index in [0.29, 0.717) is 36.8 Å². The number of nitrogens with two attached hydrogens (primary N) is 1. The van der Waals surface area contributed by atoms with E-state index in [2.05, 4.69) is 4.98 Å². The molecule has 2 aliphatic rings. The summed E-state index contributed by atoms with van der Waals surface area (Å²) in [5, 5.41) is 0.538. The van der Waals surface area contributed by atoms with E-state index in [-0.39, 0.29) is 11.6 Å². The minimum absolute atomic E-state index is 0.0773. The molecule has 2 amide bonds. The first-order chi connectivity index (χ1) is 18.9. The normalized spacial score (nSPS) is 13.3. The predicted molar refractivity (Wildman–Crippen MR) is 151 cm³/mol. The molecule has 0 bridgehead atoms. The number of benzene rings is 3. The molecule has 1 aliphatic heterocycles. The Morgan fingerprint density at radius 3 is 2.67 bits per heavy atom. The fourth-order valence-corrected chi connectivity index (χ4v) is 5.78. The number of anilines is 1. The zero-order chi connectivity index (χ0) is 27.3. The van der Waals surface area contributed by atoms with Crippen molar-refractivity contribution in [2.75, 3.05) is 25.2 Å². The number of nitrogens with zero attached hydrogens (tertiary/aromatic N) is 2. The van der Waals surface area contributed by atoms with Crippen molar-refractivity contribution in [2.45, 2.75) is 19.9 Å². The molecule has 6 rings (SSSR count). The van der Waals surface area contributed by atoms with Crippen LogP contribution in [0.1, 0.15) is 43.1 Å². The Morgan fingerprint density at radius 2 is 1.87 bits per heavy atom. The summed E-state index contributed by atoms with van der Waals surface area (Å²) in [5.41, 5.74) is 14.9. The van der Waals surface area contributed by atoms with Crippen LogP contribution in [0.2, 0.25) is 5.02 Å². The van der Waals surface area contributed by atoms with Crippen molar-refractivity contribution in [3.63, 3.8) is 0 Å². The van der Waals surface area contributed by atoms with E-state index in [9.17, 15) is 9.59 Å². The molecule has 0 spiro atoms. The summed E-state index contributed by atoms with van der Waals surface area (Å²) in [6.07, 6.45) is 2.23. The number of rotatable bonds is 7. The zero-order valence-corrected chi connectivity index (χ0v) is 22.3. The van der Waals surface area contributed by atoms with Gasteiger partial charge in [-0.2, -0.15) is 0 Å². The van der Waals surface area contributed by atoms with Gasteiger partial charge in [-0.3, -0.25) is 14.6 Å². The van der Waals surface area contributed by atoms with Crippen LogP contribution >= 0.6 is 11.6 Å². The van der Waals surface area contributed by atoms with Gasteiger partial charge in [-0.25, -0.2) is 0 Å². The lowest BCUT2D eigenvalue weighted by atomic mass is 9.91. The number of halogens is 1. The maximum absolute atomic E-state index is 13.3. The maximum Gasteiger partial charge on any atom is 0.267 e. The van der Waals surface area contributed by atoms with Gasteiger partial charge in [-0.05, 0) is 76.2 Å². The van der Waals surface area contributed by atoms with Crippen LogP contribution in [-0.2, 0) is 17.7 Å².